The smallest absolute Gasteiger partial charge is 0.217 e. The third kappa shape index (κ3) is 3.22. The Morgan fingerprint density at radius 2 is 2.37 bits per heavy atom. The van der Waals surface area contributed by atoms with Crippen LogP contribution in [0.15, 0.2) is 23.1 Å². The zero-order chi connectivity index (χ0) is 13.8. The average Bonchev–Trinajstić information content (AvgIpc) is 2.85. The van der Waals surface area contributed by atoms with Gasteiger partial charge in [0.05, 0.1) is 0 Å². The summed E-state index contributed by atoms with van der Waals surface area (Å²) in [7, 11) is 0. The SMILES string of the molecule is CSc1cccc(N2CCC(NC(C)=O)C2)c1CN. The molecule has 5 heteroatoms. The summed E-state index contributed by atoms with van der Waals surface area (Å²) in [5.74, 6) is 0.0452. The second kappa shape index (κ2) is 6.30. The summed E-state index contributed by atoms with van der Waals surface area (Å²) in [6.07, 6.45) is 3.06. The highest BCUT2D eigenvalue weighted by Crippen LogP contribution is 2.31. The molecular formula is C14H21N3OS. The quantitative estimate of drug-likeness (QED) is 0.822. The van der Waals surface area contributed by atoms with Crippen molar-refractivity contribution in [2.45, 2.75) is 30.8 Å². The number of nitrogens with zero attached hydrogens (tertiary/aromatic N) is 1. The van der Waals surface area contributed by atoms with Crippen LogP contribution in [-0.2, 0) is 11.3 Å². The van der Waals surface area contributed by atoms with E-state index in [-0.39, 0.29) is 11.9 Å². The fourth-order valence-corrected chi connectivity index (χ4v) is 3.28. The lowest BCUT2D eigenvalue weighted by Crippen LogP contribution is -2.35. The Labute approximate surface area is 118 Å². The molecule has 0 aromatic heterocycles. The molecule has 1 aromatic carbocycles. The molecule has 0 bridgehead atoms. The maximum absolute atomic E-state index is 11.1. The van der Waals surface area contributed by atoms with E-state index in [9.17, 15) is 4.79 Å². The molecule has 1 aliphatic heterocycles. The van der Waals surface area contributed by atoms with Crippen molar-refractivity contribution in [3.63, 3.8) is 0 Å². The van der Waals surface area contributed by atoms with Gasteiger partial charge in [0.15, 0.2) is 0 Å². The monoisotopic (exact) mass is 279 g/mol. The van der Waals surface area contributed by atoms with Crippen LogP contribution < -0.4 is 16.0 Å². The predicted molar refractivity (Wildman–Crippen MR) is 80.5 cm³/mol. The molecule has 4 nitrogen and oxygen atoms in total. The number of hydrogen-bond donors (Lipinski definition) is 2. The number of nitrogens with one attached hydrogen (secondary N) is 1. The Hall–Kier alpha value is -1.20. The highest BCUT2D eigenvalue weighted by Gasteiger charge is 2.25. The molecular weight excluding hydrogens is 258 g/mol. The van der Waals surface area contributed by atoms with Gasteiger partial charge in [-0.1, -0.05) is 6.07 Å². The van der Waals surface area contributed by atoms with Gasteiger partial charge in [0.2, 0.25) is 5.91 Å². The minimum atomic E-state index is 0.0452. The van der Waals surface area contributed by atoms with Crippen LogP contribution in [0.4, 0.5) is 5.69 Å². The maximum atomic E-state index is 11.1. The molecule has 1 aromatic rings. The van der Waals surface area contributed by atoms with Gasteiger partial charge >= 0.3 is 0 Å². The molecule has 1 heterocycles. The minimum absolute atomic E-state index is 0.0452. The molecule has 19 heavy (non-hydrogen) atoms. The molecule has 0 aliphatic carbocycles. The van der Waals surface area contributed by atoms with Crippen LogP contribution in [0, 0.1) is 0 Å². The molecule has 1 saturated heterocycles. The number of benzene rings is 1. The van der Waals surface area contributed by atoms with E-state index in [1.807, 2.05) is 0 Å². The molecule has 1 amide bonds. The van der Waals surface area contributed by atoms with Gasteiger partial charge in [-0.05, 0) is 24.8 Å². The Balaban J connectivity index is 2.17. The standard InChI is InChI=1S/C14H21N3OS/c1-10(18)16-11-6-7-17(9-11)13-4-3-5-14(19-2)12(13)8-15/h3-5,11H,6-9,15H2,1-2H3,(H,16,18). The Bertz CT molecular complexity index is 464. The van der Waals surface area contributed by atoms with E-state index in [1.165, 1.54) is 16.1 Å². The van der Waals surface area contributed by atoms with E-state index in [4.69, 9.17) is 5.73 Å². The molecule has 1 unspecified atom stereocenters. The molecule has 0 saturated carbocycles. The van der Waals surface area contributed by atoms with Crippen molar-refractivity contribution in [1.29, 1.82) is 0 Å². The molecule has 1 atom stereocenters. The van der Waals surface area contributed by atoms with E-state index in [2.05, 4.69) is 34.7 Å². The number of anilines is 1. The van der Waals surface area contributed by atoms with Gasteiger partial charge in [0, 0.05) is 48.7 Å². The number of carbonyl (C=O) groups is 1. The van der Waals surface area contributed by atoms with E-state index in [1.54, 1.807) is 18.7 Å². The van der Waals surface area contributed by atoms with E-state index >= 15 is 0 Å². The zero-order valence-corrected chi connectivity index (χ0v) is 12.3. The summed E-state index contributed by atoms with van der Waals surface area (Å²) in [4.78, 5) is 14.7. The van der Waals surface area contributed by atoms with Gasteiger partial charge < -0.3 is 16.0 Å². The highest BCUT2D eigenvalue weighted by molar-refractivity contribution is 7.98. The summed E-state index contributed by atoms with van der Waals surface area (Å²) in [6, 6.07) is 6.56. The van der Waals surface area contributed by atoms with Crippen LogP contribution in [0.2, 0.25) is 0 Å². The Kier molecular flexibility index (Phi) is 4.71. The Morgan fingerprint density at radius 3 is 3.00 bits per heavy atom. The van der Waals surface area contributed by atoms with Gasteiger partial charge in [-0.3, -0.25) is 4.79 Å². The number of hydrogen-bond acceptors (Lipinski definition) is 4. The lowest BCUT2D eigenvalue weighted by Gasteiger charge is -2.23. The third-order valence-electron chi connectivity index (χ3n) is 3.47. The number of carbonyl (C=O) groups excluding carboxylic acids is 1. The van der Waals surface area contributed by atoms with Crippen molar-refractivity contribution in [3.05, 3.63) is 23.8 Å². The lowest BCUT2D eigenvalue weighted by atomic mass is 10.1. The van der Waals surface area contributed by atoms with Crippen molar-refractivity contribution in [3.8, 4) is 0 Å². The lowest BCUT2D eigenvalue weighted by molar-refractivity contribution is -0.119. The second-order valence-corrected chi connectivity index (χ2v) is 5.64. The molecule has 0 spiro atoms. The highest BCUT2D eigenvalue weighted by atomic mass is 32.2. The van der Waals surface area contributed by atoms with E-state index in [0.29, 0.717) is 6.54 Å². The fraction of sp³-hybridized carbons (Fsp3) is 0.500. The first kappa shape index (κ1) is 14.2. The van der Waals surface area contributed by atoms with Gasteiger partial charge in [-0.2, -0.15) is 0 Å². The van der Waals surface area contributed by atoms with Crippen molar-refractivity contribution >= 4 is 23.4 Å². The first-order valence-electron chi connectivity index (χ1n) is 6.53. The van der Waals surface area contributed by atoms with Crippen LogP contribution in [-0.4, -0.2) is 31.3 Å². The molecule has 3 N–H and O–H groups in total. The van der Waals surface area contributed by atoms with E-state index in [0.717, 1.165) is 19.5 Å². The molecule has 1 aliphatic rings. The van der Waals surface area contributed by atoms with Gasteiger partial charge in [0.1, 0.15) is 0 Å². The van der Waals surface area contributed by atoms with Crippen LogP contribution in [0.3, 0.4) is 0 Å². The minimum Gasteiger partial charge on any atom is -0.369 e. The normalized spacial score (nSPS) is 18.7. The van der Waals surface area contributed by atoms with Gasteiger partial charge in [-0.25, -0.2) is 0 Å². The summed E-state index contributed by atoms with van der Waals surface area (Å²) in [6.45, 7) is 3.95. The number of nitrogens with two attached hydrogens (primary N) is 1. The Morgan fingerprint density at radius 1 is 1.58 bits per heavy atom. The number of amides is 1. The first-order valence-corrected chi connectivity index (χ1v) is 7.76. The predicted octanol–water partition coefficient (Wildman–Crippen LogP) is 1.58. The molecule has 1 fully saturated rings. The topological polar surface area (TPSA) is 58.4 Å². The van der Waals surface area contributed by atoms with Crippen LogP contribution >= 0.6 is 11.8 Å². The van der Waals surface area contributed by atoms with Crippen LogP contribution in [0.25, 0.3) is 0 Å². The molecule has 0 radical (unpaired) electrons. The summed E-state index contributed by atoms with van der Waals surface area (Å²) in [5, 5.41) is 2.99. The largest absolute Gasteiger partial charge is 0.369 e. The molecule has 2 rings (SSSR count). The van der Waals surface area contributed by atoms with Crippen LogP contribution in [0.5, 0.6) is 0 Å². The van der Waals surface area contributed by atoms with Crippen LogP contribution in [0.1, 0.15) is 18.9 Å². The fourth-order valence-electron chi connectivity index (χ4n) is 2.63. The van der Waals surface area contributed by atoms with E-state index < -0.39 is 0 Å². The van der Waals surface area contributed by atoms with Crippen molar-refractivity contribution in [2.24, 2.45) is 5.73 Å². The second-order valence-electron chi connectivity index (χ2n) is 4.79. The van der Waals surface area contributed by atoms with Crippen molar-refractivity contribution in [2.75, 3.05) is 24.2 Å². The molecule has 104 valence electrons. The average molecular weight is 279 g/mol. The maximum Gasteiger partial charge on any atom is 0.217 e. The zero-order valence-electron chi connectivity index (χ0n) is 11.5. The third-order valence-corrected chi connectivity index (χ3v) is 4.29. The summed E-state index contributed by atoms with van der Waals surface area (Å²) in [5.41, 5.74) is 8.32. The van der Waals surface area contributed by atoms with Gasteiger partial charge in [-0.15, -0.1) is 11.8 Å². The number of rotatable bonds is 4. The number of thioether (sulfide) groups is 1. The van der Waals surface area contributed by atoms with Crippen molar-refractivity contribution in [1.82, 2.24) is 5.32 Å². The first-order chi connectivity index (χ1) is 9.15. The summed E-state index contributed by atoms with van der Waals surface area (Å²) < 4.78 is 0. The van der Waals surface area contributed by atoms with Gasteiger partial charge in [0.25, 0.3) is 0 Å². The summed E-state index contributed by atoms with van der Waals surface area (Å²) >= 11 is 1.73. The van der Waals surface area contributed by atoms with Crippen molar-refractivity contribution < 1.29 is 4.79 Å².